The molecule has 1 saturated heterocycles. The van der Waals surface area contributed by atoms with Gasteiger partial charge in [-0.05, 0) is 84.5 Å². The summed E-state index contributed by atoms with van der Waals surface area (Å²) in [6, 6.07) is 16.3. The predicted molar refractivity (Wildman–Crippen MR) is 172 cm³/mol. The van der Waals surface area contributed by atoms with Crippen LogP contribution in [-0.2, 0) is 21.2 Å². The summed E-state index contributed by atoms with van der Waals surface area (Å²) in [6.45, 7) is 4.79. The van der Waals surface area contributed by atoms with Crippen molar-refractivity contribution < 1.29 is 27.8 Å². The number of fused-ring (bicyclic) bond motifs is 1. The summed E-state index contributed by atoms with van der Waals surface area (Å²) >= 11 is 1.72. The molecule has 0 aliphatic carbocycles. The fourth-order valence-corrected chi connectivity index (χ4v) is 7.64. The van der Waals surface area contributed by atoms with Gasteiger partial charge in [0.05, 0.1) is 24.0 Å². The highest BCUT2D eigenvalue weighted by molar-refractivity contribution is 7.91. The van der Waals surface area contributed by atoms with Gasteiger partial charge in [-0.2, -0.15) is 0 Å². The molecule has 4 aromatic rings. The molecule has 7 nitrogen and oxygen atoms in total. The summed E-state index contributed by atoms with van der Waals surface area (Å²) in [5, 5.41) is 10.4. The number of pyridine rings is 1. The molecular formula is C34H37NO6S2. The average Bonchev–Trinajstić information content (AvgIpc) is 3.44. The first-order valence-corrected chi connectivity index (χ1v) is 16.9. The van der Waals surface area contributed by atoms with Gasteiger partial charge >= 0.3 is 0 Å². The monoisotopic (exact) mass is 619 g/mol. The third-order valence-corrected chi connectivity index (χ3v) is 10.2. The molecule has 1 aliphatic rings. The number of hydrogen-bond donors (Lipinski definition) is 1. The minimum Gasteiger partial charge on any atom is -0.493 e. The van der Waals surface area contributed by atoms with Gasteiger partial charge in [-0.1, -0.05) is 24.1 Å². The van der Waals surface area contributed by atoms with Crippen molar-refractivity contribution in [3.63, 3.8) is 0 Å². The SMILES string of the molecule is CC#CC(CC=O)c1ccc(OCc2ccc3scc(-c4ccc(OCC5CCS(=O)(=O)CC5)cc4C)c3c2)nc1.CO. The lowest BCUT2D eigenvalue weighted by molar-refractivity contribution is -0.107. The molecule has 1 fully saturated rings. The molecule has 3 heterocycles. The quantitative estimate of drug-likeness (QED) is 0.163. The van der Waals surface area contributed by atoms with Gasteiger partial charge in [0, 0.05) is 41.4 Å². The predicted octanol–water partition coefficient (Wildman–Crippen LogP) is 6.36. The van der Waals surface area contributed by atoms with Crippen molar-refractivity contribution in [1.82, 2.24) is 4.98 Å². The number of carbonyl (C=O) groups excluding carboxylic acids is 1. The maximum absolute atomic E-state index is 11.7. The number of benzene rings is 2. The van der Waals surface area contributed by atoms with E-state index in [1.165, 1.54) is 15.6 Å². The Morgan fingerprint density at radius 2 is 1.86 bits per heavy atom. The van der Waals surface area contributed by atoms with Crippen LogP contribution in [0.1, 0.15) is 48.8 Å². The maximum atomic E-state index is 11.7. The number of carbonyl (C=O) groups is 1. The first-order chi connectivity index (χ1) is 20.8. The van der Waals surface area contributed by atoms with E-state index in [-0.39, 0.29) is 23.3 Å². The lowest BCUT2D eigenvalue weighted by atomic mass is 9.98. The third kappa shape index (κ3) is 8.44. The zero-order valence-electron chi connectivity index (χ0n) is 24.7. The van der Waals surface area contributed by atoms with Gasteiger partial charge in [0.15, 0.2) is 0 Å². The summed E-state index contributed by atoms with van der Waals surface area (Å²) in [5.74, 6) is 7.92. The van der Waals surface area contributed by atoms with Crippen molar-refractivity contribution >= 4 is 37.5 Å². The first kappa shape index (κ1) is 32.2. The first-order valence-electron chi connectivity index (χ1n) is 14.2. The van der Waals surface area contributed by atoms with Crippen LogP contribution in [0.15, 0.2) is 60.1 Å². The highest BCUT2D eigenvalue weighted by Gasteiger charge is 2.24. The number of ether oxygens (including phenoxy) is 2. The molecule has 1 aliphatic heterocycles. The number of aromatic nitrogens is 1. The number of thiophene rings is 1. The van der Waals surface area contributed by atoms with Gasteiger partial charge < -0.3 is 19.4 Å². The van der Waals surface area contributed by atoms with E-state index in [9.17, 15) is 13.2 Å². The Kier molecular flexibility index (Phi) is 11.3. The van der Waals surface area contributed by atoms with Crippen LogP contribution in [0.25, 0.3) is 21.2 Å². The zero-order chi connectivity index (χ0) is 30.8. The number of sulfone groups is 1. The summed E-state index contributed by atoms with van der Waals surface area (Å²) in [4.78, 5) is 15.4. The van der Waals surface area contributed by atoms with E-state index in [4.69, 9.17) is 14.6 Å². The summed E-state index contributed by atoms with van der Waals surface area (Å²) in [7, 11) is -1.86. The molecule has 1 N–H and O–H groups in total. The van der Waals surface area contributed by atoms with Crippen LogP contribution >= 0.6 is 11.3 Å². The van der Waals surface area contributed by atoms with E-state index < -0.39 is 9.84 Å². The van der Waals surface area contributed by atoms with Crippen molar-refractivity contribution in [3.8, 4) is 34.6 Å². The summed E-state index contributed by atoms with van der Waals surface area (Å²) < 4.78 is 36.6. The van der Waals surface area contributed by atoms with Crippen LogP contribution in [0.2, 0.25) is 0 Å². The molecule has 0 bridgehead atoms. The number of aryl methyl sites for hydroxylation is 1. The van der Waals surface area contributed by atoms with Crippen LogP contribution in [-0.4, -0.2) is 50.0 Å². The normalized spacial score (nSPS) is 15.0. The van der Waals surface area contributed by atoms with E-state index in [0.29, 0.717) is 38.4 Å². The Hall–Kier alpha value is -3.71. The van der Waals surface area contributed by atoms with E-state index in [2.05, 4.69) is 59.5 Å². The second kappa shape index (κ2) is 15.1. The van der Waals surface area contributed by atoms with Crippen molar-refractivity contribution in [2.75, 3.05) is 25.2 Å². The van der Waals surface area contributed by atoms with E-state index in [0.717, 1.165) is 41.4 Å². The molecule has 9 heteroatoms. The van der Waals surface area contributed by atoms with E-state index in [1.807, 2.05) is 18.2 Å². The minimum absolute atomic E-state index is 0.152. The number of aliphatic hydroxyl groups excluding tert-OH is 1. The van der Waals surface area contributed by atoms with Gasteiger partial charge in [0.25, 0.3) is 0 Å². The average molecular weight is 620 g/mol. The molecule has 226 valence electrons. The van der Waals surface area contributed by atoms with E-state index >= 15 is 0 Å². The maximum Gasteiger partial charge on any atom is 0.213 e. The summed E-state index contributed by atoms with van der Waals surface area (Å²) in [5.41, 5.74) is 5.40. The lowest BCUT2D eigenvalue weighted by Gasteiger charge is -2.22. The van der Waals surface area contributed by atoms with Crippen molar-refractivity contribution in [1.29, 1.82) is 0 Å². The molecule has 43 heavy (non-hydrogen) atoms. The second-order valence-corrected chi connectivity index (χ2v) is 13.6. The Morgan fingerprint density at radius 1 is 1.07 bits per heavy atom. The second-order valence-electron chi connectivity index (χ2n) is 10.4. The van der Waals surface area contributed by atoms with Crippen molar-refractivity contribution in [2.24, 2.45) is 5.92 Å². The van der Waals surface area contributed by atoms with Crippen LogP contribution < -0.4 is 9.47 Å². The van der Waals surface area contributed by atoms with Gasteiger partial charge in [0.2, 0.25) is 5.88 Å². The van der Waals surface area contributed by atoms with E-state index in [1.54, 1.807) is 24.5 Å². The molecule has 0 saturated carbocycles. The Bertz CT molecular complexity index is 1690. The zero-order valence-corrected chi connectivity index (χ0v) is 26.3. The Labute approximate surface area is 257 Å². The lowest BCUT2D eigenvalue weighted by Crippen LogP contribution is -2.26. The van der Waals surface area contributed by atoms with Crippen LogP contribution in [0.3, 0.4) is 0 Å². The molecule has 0 amide bonds. The molecule has 1 unspecified atom stereocenters. The molecular weight excluding hydrogens is 583 g/mol. The van der Waals surface area contributed by atoms with Crippen LogP contribution in [0, 0.1) is 24.7 Å². The van der Waals surface area contributed by atoms with Crippen molar-refractivity contribution in [2.45, 2.75) is 45.6 Å². The molecule has 2 aromatic heterocycles. The minimum atomic E-state index is -2.86. The summed E-state index contributed by atoms with van der Waals surface area (Å²) in [6.07, 6.45) is 4.29. The van der Waals surface area contributed by atoms with Crippen LogP contribution in [0.5, 0.6) is 11.6 Å². The largest absolute Gasteiger partial charge is 0.493 e. The van der Waals surface area contributed by atoms with Gasteiger partial charge in [-0.15, -0.1) is 17.3 Å². The Morgan fingerprint density at radius 3 is 2.53 bits per heavy atom. The number of nitrogens with zero attached hydrogens (tertiary/aromatic N) is 1. The van der Waals surface area contributed by atoms with Crippen LogP contribution in [0.4, 0.5) is 0 Å². The number of rotatable bonds is 10. The van der Waals surface area contributed by atoms with Crippen molar-refractivity contribution in [3.05, 3.63) is 76.8 Å². The van der Waals surface area contributed by atoms with Gasteiger partial charge in [0.1, 0.15) is 28.5 Å². The molecule has 0 radical (unpaired) electrons. The smallest absolute Gasteiger partial charge is 0.213 e. The van der Waals surface area contributed by atoms with Gasteiger partial charge in [-0.25, -0.2) is 13.4 Å². The standard InChI is InChI=1S/C33H33NO5S2.CH4O/c1-3-4-26(11-14-35)27-6-10-33(34-19-27)39-21-25-5-9-32-30(18-25)31(22-40-32)29-8-7-28(17-23(29)2)38-20-24-12-15-41(36,37)16-13-24;1-2/h5-10,14,17-19,22,24,26H,11-13,15-16,20-21H2,1-2H3;2H,1H3. The number of aliphatic hydroxyl groups is 1. The van der Waals surface area contributed by atoms with Gasteiger partial charge in [-0.3, -0.25) is 0 Å². The number of hydrogen-bond acceptors (Lipinski definition) is 8. The fraction of sp³-hybridized carbons (Fsp3) is 0.353. The highest BCUT2D eigenvalue weighted by atomic mass is 32.2. The molecule has 0 spiro atoms. The Balaban J connectivity index is 0.00000207. The molecule has 1 atom stereocenters. The molecule has 2 aromatic carbocycles. The highest BCUT2D eigenvalue weighted by Crippen LogP contribution is 2.37. The third-order valence-electron chi connectivity index (χ3n) is 7.48. The fourth-order valence-electron chi connectivity index (χ4n) is 5.11. The topological polar surface area (TPSA) is 103 Å². The number of aldehydes is 1. The molecule has 5 rings (SSSR count).